The zero-order valence-corrected chi connectivity index (χ0v) is 10.0. The lowest BCUT2D eigenvalue weighted by atomic mass is 10.3. The number of allylic oxidation sites excluding steroid dienone is 1. The molecule has 5 nitrogen and oxygen atoms in total. The molecule has 0 saturated heterocycles. The summed E-state index contributed by atoms with van der Waals surface area (Å²) in [5.41, 5.74) is 0.0143. The summed E-state index contributed by atoms with van der Waals surface area (Å²) in [7, 11) is 0. The predicted molar refractivity (Wildman–Crippen MR) is 66.9 cm³/mol. The van der Waals surface area contributed by atoms with Crippen LogP contribution < -0.4 is 4.59 Å². The van der Waals surface area contributed by atoms with Crippen molar-refractivity contribution in [2.24, 2.45) is 5.10 Å². The van der Waals surface area contributed by atoms with Crippen molar-refractivity contribution in [3.63, 3.8) is 0 Å². The Morgan fingerprint density at radius 2 is 2.00 bits per heavy atom. The minimum absolute atomic E-state index is 0.445. The monoisotopic (exact) mass is 280 g/mol. The van der Waals surface area contributed by atoms with Crippen LogP contribution >= 0.6 is 0 Å². The zero-order valence-electron chi connectivity index (χ0n) is 10.0. The maximum absolute atomic E-state index is 12.8. The summed E-state index contributed by atoms with van der Waals surface area (Å²) < 4.78 is 38.0. The minimum Gasteiger partial charge on any atom is -0.279 e. The molecular formula is C12H9F3N5+. The lowest BCUT2D eigenvalue weighted by molar-refractivity contribution is -0.0580. The molecule has 1 unspecified atom stereocenters. The molecule has 0 saturated carbocycles. The average Bonchev–Trinajstić information content (AvgIpc) is 3.09. The lowest BCUT2D eigenvalue weighted by Gasteiger charge is -2.22. The molecule has 0 radical (unpaired) electrons. The number of nitrogens with one attached hydrogen (secondary N) is 1. The molecule has 0 amide bonds. The molecule has 0 bridgehead atoms. The first-order chi connectivity index (χ1) is 9.52. The van der Waals surface area contributed by atoms with E-state index in [9.17, 15) is 13.2 Å². The topological polar surface area (TPSA) is 53.9 Å². The third kappa shape index (κ3) is 1.90. The Hall–Kier alpha value is -2.48. The molecule has 1 aliphatic heterocycles. The number of H-pyrrole nitrogens is 1. The van der Waals surface area contributed by atoms with Gasteiger partial charge in [0.1, 0.15) is 12.4 Å². The van der Waals surface area contributed by atoms with Gasteiger partial charge in [-0.1, -0.05) is 5.10 Å². The van der Waals surface area contributed by atoms with Crippen molar-refractivity contribution in [3.05, 3.63) is 49.2 Å². The fourth-order valence-electron chi connectivity index (χ4n) is 1.99. The van der Waals surface area contributed by atoms with E-state index < -0.39 is 16.5 Å². The van der Waals surface area contributed by atoms with E-state index in [-0.39, 0.29) is 0 Å². The van der Waals surface area contributed by atoms with Gasteiger partial charge < -0.3 is 0 Å². The molecule has 1 atom stereocenters. The minimum atomic E-state index is -4.50. The van der Waals surface area contributed by atoms with Crippen molar-refractivity contribution in [2.45, 2.75) is 6.18 Å². The molecular weight excluding hydrogens is 271 g/mol. The number of alkyl halides is 3. The molecule has 0 aliphatic carbocycles. The maximum Gasteiger partial charge on any atom is 0.438 e. The van der Waals surface area contributed by atoms with Crippen molar-refractivity contribution in [2.75, 3.05) is 0 Å². The van der Waals surface area contributed by atoms with Crippen LogP contribution in [0.5, 0.6) is 0 Å². The number of aromatic nitrogens is 3. The lowest BCUT2D eigenvalue weighted by Crippen LogP contribution is -2.31. The molecule has 2 aromatic heterocycles. The smallest absolute Gasteiger partial charge is 0.279 e. The van der Waals surface area contributed by atoms with Gasteiger partial charge >= 0.3 is 6.18 Å². The maximum atomic E-state index is 12.8. The van der Waals surface area contributed by atoms with Crippen LogP contribution in [0.2, 0.25) is 0 Å². The second-order valence-corrected chi connectivity index (χ2v) is 4.15. The Labute approximate surface area is 111 Å². The first-order valence-electron chi connectivity index (χ1n) is 5.68. The van der Waals surface area contributed by atoms with Gasteiger partial charge in [-0.05, 0) is 6.07 Å². The van der Waals surface area contributed by atoms with Crippen molar-refractivity contribution in [3.8, 4) is 0 Å². The van der Waals surface area contributed by atoms with E-state index in [2.05, 4.69) is 20.3 Å². The zero-order chi connectivity index (χ0) is 14.2. The fraction of sp³-hybridized carbons (Fsp3) is 0.0833. The summed E-state index contributed by atoms with van der Waals surface area (Å²) in [4.78, 5) is 3.94. The van der Waals surface area contributed by atoms with E-state index >= 15 is 0 Å². The van der Waals surface area contributed by atoms with E-state index in [1.165, 1.54) is 24.8 Å². The van der Waals surface area contributed by atoms with Crippen LogP contribution in [0, 0.1) is 0 Å². The summed E-state index contributed by atoms with van der Waals surface area (Å²) in [6.45, 7) is 0. The van der Waals surface area contributed by atoms with Gasteiger partial charge in [0.25, 0.3) is 0 Å². The SMILES string of the molecule is FC(F)(F)C1=N[N+](c2cccnc2)(c2cn[nH]c2)C=C1. The Morgan fingerprint density at radius 3 is 2.55 bits per heavy atom. The Morgan fingerprint density at radius 1 is 1.15 bits per heavy atom. The van der Waals surface area contributed by atoms with Crippen LogP contribution in [-0.4, -0.2) is 27.1 Å². The summed E-state index contributed by atoms with van der Waals surface area (Å²) in [5, 5.41) is 10.2. The van der Waals surface area contributed by atoms with Crippen LogP contribution in [0.3, 0.4) is 0 Å². The molecule has 3 rings (SSSR count). The van der Waals surface area contributed by atoms with E-state index in [0.717, 1.165) is 6.08 Å². The summed E-state index contributed by atoms with van der Waals surface area (Å²) in [6, 6.07) is 3.30. The standard InChI is InChI=1S/C12H9F3N5/c13-12(14,15)11-3-5-20(19-11,10-7-17-18-8-10)9-2-1-4-16-6-9/h1-8H,(H,17,18)/q+1. The van der Waals surface area contributed by atoms with Crippen molar-refractivity contribution < 1.29 is 13.2 Å². The highest BCUT2D eigenvalue weighted by Crippen LogP contribution is 2.39. The third-order valence-corrected chi connectivity index (χ3v) is 2.92. The van der Waals surface area contributed by atoms with Crippen molar-refractivity contribution in [1.82, 2.24) is 19.8 Å². The van der Waals surface area contributed by atoms with Gasteiger partial charge in [-0.25, -0.2) is 0 Å². The van der Waals surface area contributed by atoms with Crippen LogP contribution in [0.4, 0.5) is 24.5 Å². The van der Waals surface area contributed by atoms with Crippen molar-refractivity contribution in [1.29, 1.82) is 0 Å². The molecule has 102 valence electrons. The Balaban J connectivity index is 2.19. The van der Waals surface area contributed by atoms with E-state index in [1.54, 1.807) is 18.3 Å². The average molecular weight is 280 g/mol. The van der Waals surface area contributed by atoms with Gasteiger partial charge in [0.05, 0.1) is 12.4 Å². The van der Waals surface area contributed by atoms with Crippen LogP contribution in [-0.2, 0) is 0 Å². The number of nitrogens with zero attached hydrogens (tertiary/aromatic N) is 4. The van der Waals surface area contributed by atoms with Crippen LogP contribution in [0.1, 0.15) is 0 Å². The number of halogens is 3. The van der Waals surface area contributed by atoms with Gasteiger partial charge in [0.15, 0.2) is 5.69 Å². The number of hydrogen-bond acceptors (Lipinski definition) is 3. The highest BCUT2D eigenvalue weighted by molar-refractivity contribution is 6.02. The van der Waals surface area contributed by atoms with Gasteiger partial charge in [-0.3, -0.25) is 10.1 Å². The number of rotatable bonds is 2. The molecule has 0 fully saturated rings. The van der Waals surface area contributed by atoms with E-state index in [0.29, 0.717) is 11.4 Å². The Kier molecular flexibility index (Phi) is 2.68. The molecule has 0 spiro atoms. The van der Waals surface area contributed by atoms with Crippen LogP contribution in [0.15, 0.2) is 54.3 Å². The number of quaternary nitrogens is 1. The first-order valence-corrected chi connectivity index (χ1v) is 5.68. The number of pyridine rings is 1. The normalized spacial score (nSPS) is 22.1. The fourth-order valence-corrected chi connectivity index (χ4v) is 1.99. The number of hydrogen-bond donors (Lipinski definition) is 1. The number of aromatic amines is 1. The molecule has 20 heavy (non-hydrogen) atoms. The largest absolute Gasteiger partial charge is 0.438 e. The summed E-state index contributed by atoms with van der Waals surface area (Å²) in [6.07, 6.45) is 3.76. The predicted octanol–water partition coefficient (Wildman–Crippen LogP) is 2.89. The summed E-state index contributed by atoms with van der Waals surface area (Å²) >= 11 is 0. The highest BCUT2D eigenvalue weighted by atomic mass is 19.4. The third-order valence-electron chi connectivity index (χ3n) is 2.92. The molecule has 1 aliphatic rings. The Bertz CT molecular complexity index is 660. The van der Waals surface area contributed by atoms with E-state index in [4.69, 9.17) is 0 Å². The molecule has 2 aromatic rings. The molecule has 1 N–H and O–H groups in total. The quantitative estimate of drug-likeness (QED) is 0.860. The van der Waals surface area contributed by atoms with Gasteiger partial charge in [0.2, 0.25) is 11.4 Å². The van der Waals surface area contributed by atoms with Gasteiger partial charge in [0, 0.05) is 18.3 Å². The second-order valence-electron chi connectivity index (χ2n) is 4.15. The molecule has 0 aromatic carbocycles. The van der Waals surface area contributed by atoms with E-state index in [1.807, 2.05) is 0 Å². The molecule has 3 heterocycles. The first kappa shape index (κ1) is 12.5. The van der Waals surface area contributed by atoms with Gasteiger partial charge in [-0.15, -0.1) is 4.59 Å². The summed E-state index contributed by atoms with van der Waals surface area (Å²) in [5.74, 6) is 0. The highest BCUT2D eigenvalue weighted by Gasteiger charge is 2.46. The van der Waals surface area contributed by atoms with Crippen molar-refractivity contribution >= 4 is 17.1 Å². The van der Waals surface area contributed by atoms with Gasteiger partial charge in [-0.2, -0.15) is 18.3 Å². The van der Waals surface area contributed by atoms with Crippen LogP contribution in [0.25, 0.3) is 0 Å². The molecule has 8 heteroatoms. The second kappa shape index (κ2) is 4.27.